The molecule has 0 aliphatic carbocycles. The average molecular weight is 539 g/mol. The molecule has 0 radical (unpaired) electrons. The zero-order valence-electron chi connectivity index (χ0n) is 22.7. The third kappa shape index (κ3) is 4.88. The van der Waals surface area contributed by atoms with E-state index in [1.807, 2.05) is 97.1 Å². The number of rotatable bonds is 7. The van der Waals surface area contributed by atoms with E-state index in [0.717, 1.165) is 60.3 Å². The molecule has 0 aromatic heterocycles. The summed E-state index contributed by atoms with van der Waals surface area (Å²) >= 11 is 0. The number of benzene rings is 6. The third-order valence-electron chi connectivity index (χ3n) is 7.44. The fourth-order valence-corrected chi connectivity index (χ4v) is 8.10. The van der Waals surface area contributed by atoms with Crippen LogP contribution in [0, 0.1) is 13.8 Å². The molecule has 0 bridgehead atoms. The van der Waals surface area contributed by atoms with E-state index in [4.69, 9.17) is 4.74 Å². The molecule has 6 aromatic rings. The number of aryl methyl sites for hydroxylation is 2. The van der Waals surface area contributed by atoms with E-state index < -0.39 is 7.14 Å². The topological polar surface area (TPSA) is 26.3 Å². The Morgan fingerprint density at radius 2 is 1.15 bits per heavy atom. The zero-order valence-corrected chi connectivity index (χ0v) is 23.6. The lowest BCUT2D eigenvalue weighted by molar-refractivity contribution is 0.308. The summed E-state index contributed by atoms with van der Waals surface area (Å²) in [7, 11) is -3.25. The van der Waals surface area contributed by atoms with Gasteiger partial charge in [-0.25, -0.2) is 0 Å². The first-order chi connectivity index (χ1) is 19.5. The highest BCUT2D eigenvalue weighted by Gasteiger charge is 2.33. The molecule has 0 spiro atoms. The summed E-state index contributed by atoms with van der Waals surface area (Å²) < 4.78 is 22.1. The van der Waals surface area contributed by atoms with Crippen molar-refractivity contribution in [2.75, 3.05) is 0 Å². The van der Waals surface area contributed by atoms with Crippen LogP contribution >= 0.6 is 7.14 Å². The summed E-state index contributed by atoms with van der Waals surface area (Å²) in [5.74, 6) is 0.773. The van der Waals surface area contributed by atoms with Gasteiger partial charge in [0.05, 0.1) is 0 Å². The second-order valence-electron chi connectivity index (χ2n) is 10.2. The summed E-state index contributed by atoms with van der Waals surface area (Å²) in [5.41, 5.74) is 5.26. The Hall–Kier alpha value is -4.39. The van der Waals surface area contributed by atoms with Crippen LogP contribution in [0.4, 0.5) is 0 Å². The van der Waals surface area contributed by atoms with E-state index in [0.29, 0.717) is 6.61 Å². The lowest BCUT2D eigenvalue weighted by Gasteiger charge is -2.25. The van der Waals surface area contributed by atoms with Gasteiger partial charge in [-0.15, -0.1) is 0 Å². The molecule has 0 unspecified atom stereocenters. The third-order valence-corrected chi connectivity index (χ3v) is 10.6. The monoisotopic (exact) mass is 538 g/mol. The Bertz CT molecular complexity index is 1770. The molecule has 40 heavy (non-hydrogen) atoms. The van der Waals surface area contributed by atoms with Gasteiger partial charge >= 0.3 is 0 Å². The van der Waals surface area contributed by atoms with Crippen LogP contribution in [0.25, 0.3) is 21.9 Å². The van der Waals surface area contributed by atoms with E-state index in [9.17, 15) is 0 Å². The van der Waals surface area contributed by atoms with Crippen LogP contribution in [0.3, 0.4) is 0 Å². The minimum absolute atomic E-state index is 0.446. The van der Waals surface area contributed by atoms with Gasteiger partial charge in [0.15, 0.2) is 7.14 Å². The molecule has 0 heterocycles. The molecule has 2 nitrogen and oxygen atoms in total. The lowest BCUT2D eigenvalue weighted by Crippen LogP contribution is -2.26. The van der Waals surface area contributed by atoms with E-state index in [1.165, 1.54) is 0 Å². The van der Waals surface area contributed by atoms with E-state index in [-0.39, 0.29) is 0 Å². The van der Waals surface area contributed by atoms with Crippen LogP contribution < -0.4 is 20.7 Å². The Morgan fingerprint density at radius 1 is 0.575 bits per heavy atom. The maximum absolute atomic E-state index is 15.6. The van der Waals surface area contributed by atoms with Crippen molar-refractivity contribution in [1.29, 1.82) is 0 Å². The van der Waals surface area contributed by atoms with Crippen molar-refractivity contribution in [3.63, 3.8) is 0 Å². The minimum atomic E-state index is -3.25. The number of fused-ring (bicyclic) bond motifs is 1. The minimum Gasteiger partial charge on any atom is -0.488 e. The molecule has 0 N–H and O–H groups in total. The predicted molar refractivity (Wildman–Crippen MR) is 169 cm³/mol. The van der Waals surface area contributed by atoms with Crippen LogP contribution in [0.2, 0.25) is 0 Å². The fourth-order valence-electron chi connectivity index (χ4n) is 5.28. The highest BCUT2D eigenvalue weighted by molar-refractivity contribution is 7.85. The van der Waals surface area contributed by atoms with E-state index in [2.05, 4.69) is 56.3 Å². The molecule has 196 valence electrons. The molecule has 0 aliphatic heterocycles. The van der Waals surface area contributed by atoms with Gasteiger partial charge in [0.25, 0.3) is 0 Å². The van der Waals surface area contributed by atoms with Crippen molar-refractivity contribution < 1.29 is 9.30 Å². The average Bonchev–Trinajstić information content (AvgIpc) is 3.00. The van der Waals surface area contributed by atoms with Crippen LogP contribution in [-0.4, -0.2) is 0 Å². The van der Waals surface area contributed by atoms with Crippen molar-refractivity contribution in [3.05, 3.63) is 156 Å². The molecule has 0 fully saturated rings. The highest BCUT2D eigenvalue weighted by atomic mass is 31.2. The van der Waals surface area contributed by atoms with Crippen LogP contribution in [0.1, 0.15) is 16.7 Å². The molecule has 0 saturated heterocycles. The van der Waals surface area contributed by atoms with E-state index in [1.54, 1.807) is 0 Å². The Labute approximate surface area is 236 Å². The molecule has 0 aliphatic rings. The SMILES string of the molecule is Cc1ccc(P(=O)(c2ccc(C)cc2)c2ccccc2-c2c(OCc3ccccc3)ccc3ccccc23)cc1. The van der Waals surface area contributed by atoms with Gasteiger partial charge in [0, 0.05) is 21.5 Å². The van der Waals surface area contributed by atoms with Crippen molar-refractivity contribution in [2.24, 2.45) is 0 Å². The van der Waals surface area contributed by atoms with Gasteiger partial charge in [-0.1, -0.05) is 145 Å². The predicted octanol–water partition coefficient (Wildman–Crippen LogP) is 8.34. The van der Waals surface area contributed by atoms with Gasteiger partial charge in [-0.2, -0.15) is 0 Å². The Morgan fingerprint density at radius 3 is 1.82 bits per heavy atom. The summed E-state index contributed by atoms with van der Waals surface area (Å²) in [6, 6.07) is 47.0. The van der Waals surface area contributed by atoms with Crippen molar-refractivity contribution in [2.45, 2.75) is 20.5 Å². The highest BCUT2D eigenvalue weighted by Crippen LogP contribution is 2.48. The van der Waals surface area contributed by atoms with Crippen molar-refractivity contribution in [3.8, 4) is 16.9 Å². The molecular weight excluding hydrogens is 507 g/mol. The van der Waals surface area contributed by atoms with Gasteiger partial charge in [-0.3, -0.25) is 0 Å². The summed E-state index contributed by atoms with van der Waals surface area (Å²) in [5, 5.41) is 4.63. The normalized spacial score (nSPS) is 11.4. The van der Waals surface area contributed by atoms with Gasteiger partial charge in [0.2, 0.25) is 0 Å². The zero-order chi connectivity index (χ0) is 27.5. The second kappa shape index (κ2) is 11.0. The van der Waals surface area contributed by atoms with Crippen LogP contribution in [0.15, 0.2) is 140 Å². The van der Waals surface area contributed by atoms with Gasteiger partial charge in [-0.05, 0) is 41.8 Å². The molecule has 6 aromatic carbocycles. The first kappa shape index (κ1) is 25.9. The number of hydrogen-bond acceptors (Lipinski definition) is 2. The van der Waals surface area contributed by atoms with Crippen molar-refractivity contribution in [1.82, 2.24) is 0 Å². The number of hydrogen-bond donors (Lipinski definition) is 0. The molecule has 0 saturated carbocycles. The van der Waals surface area contributed by atoms with Gasteiger partial charge in [0.1, 0.15) is 12.4 Å². The quantitative estimate of drug-likeness (QED) is 0.191. The maximum atomic E-state index is 15.6. The summed E-state index contributed by atoms with van der Waals surface area (Å²) in [6.07, 6.45) is 0. The lowest BCUT2D eigenvalue weighted by atomic mass is 9.97. The number of ether oxygens (including phenoxy) is 1. The first-order valence-electron chi connectivity index (χ1n) is 13.6. The smallest absolute Gasteiger partial charge is 0.171 e. The van der Waals surface area contributed by atoms with Gasteiger partial charge < -0.3 is 9.30 Å². The largest absolute Gasteiger partial charge is 0.488 e. The second-order valence-corrected chi connectivity index (χ2v) is 13.0. The summed E-state index contributed by atoms with van der Waals surface area (Å²) in [4.78, 5) is 0. The molecule has 0 atom stereocenters. The maximum Gasteiger partial charge on any atom is 0.171 e. The standard InChI is InChI=1S/C37H31O2P/c1-27-16-21-31(22-17-27)40(38,32-23-18-28(2)19-24-32)36-15-9-8-14-34(36)37-33-13-7-6-12-30(33)20-25-35(37)39-26-29-10-4-3-5-11-29/h3-25H,26H2,1-2H3. The summed E-state index contributed by atoms with van der Waals surface area (Å²) in [6.45, 7) is 4.56. The molecule has 0 amide bonds. The Kier molecular flexibility index (Phi) is 7.11. The van der Waals surface area contributed by atoms with Crippen molar-refractivity contribution >= 4 is 33.8 Å². The molecular formula is C37H31O2P. The Balaban J connectivity index is 1.60. The van der Waals surface area contributed by atoms with Crippen LogP contribution in [0.5, 0.6) is 5.75 Å². The molecule has 6 rings (SSSR count). The van der Waals surface area contributed by atoms with Crippen LogP contribution in [-0.2, 0) is 11.2 Å². The molecule has 3 heteroatoms. The first-order valence-corrected chi connectivity index (χ1v) is 15.3. The fraction of sp³-hybridized carbons (Fsp3) is 0.0811. The van der Waals surface area contributed by atoms with E-state index >= 15 is 4.57 Å².